The SMILES string of the molecule is Cc1ccc[c]c1CF. The van der Waals surface area contributed by atoms with Crippen molar-refractivity contribution in [3.05, 3.63) is 35.4 Å². The van der Waals surface area contributed by atoms with E-state index in [9.17, 15) is 4.39 Å². The van der Waals surface area contributed by atoms with E-state index in [0.717, 1.165) is 5.56 Å². The highest BCUT2D eigenvalue weighted by atomic mass is 19.1. The van der Waals surface area contributed by atoms with E-state index in [4.69, 9.17) is 0 Å². The molecule has 0 atom stereocenters. The van der Waals surface area contributed by atoms with E-state index in [1.54, 1.807) is 6.07 Å². The van der Waals surface area contributed by atoms with E-state index in [0.29, 0.717) is 5.56 Å². The first-order chi connectivity index (χ1) is 4.34. The summed E-state index contributed by atoms with van der Waals surface area (Å²) in [5, 5.41) is 0. The Morgan fingerprint density at radius 3 is 2.89 bits per heavy atom. The minimum absolute atomic E-state index is 0.410. The van der Waals surface area contributed by atoms with Crippen LogP contribution in [0.3, 0.4) is 0 Å². The number of aryl methyl sites for hydroxylation is 1. The van der Waals surface area contributed by atoms with Gasteiger partial charge in [0.05, 0.1) is 0 Å². The van der Waals surface area contributed by atoms with Gasteiger partial charge in [0.15, 0.2) is 0 Å². The Kier molecular flexibility index (Phi) is 1.83. The smallest absolute Gasteiger partial charge is 0.115 e. The van der Waals surface area contributed by atoms with E-state index in [1.165, 1.54) is 0 Å². The van der Waals surface area contributed by atoms with Gasteiger partial charge < -0.3 is 0 Å². The van der Waals surface area contributed by atoms with Crippen LogP contribution in [0.4, 0.5) is 4.39 Å². The molecule has 1 heteroatoms. The quantitative estimate of drug-likeness (QED) is 0.537. The molecule has 0 aliphatic carbocycles. The standard InChI is InChI=1S/C8H8F/c1-7-4-2-3-5-8(7)6-9/h2-4H,6H2,1H3. The maximum Gasteiger partial charge on any atom is 0.115 e. The molecule has 0 fully saturated rings. The molecular weight excluding hydrogens is 115 g/mol. The molecule has 0 amide bonds. The van der Waals surface area contributed by atoms with Crippen LogP contribution in [-0.4, -0.2) is 0 Å². The predicted octanol–water partition coefficient (Wildman–Crippen LogP) is 2.26. The molecule has 0 spiro atoms. The maximum atomic E-state index is 12.0. The topological polar surface area (TPSA) is 0 Å². The molecule has 0 aliphatic rings. The summed E-state index contributed by atoms with van der Waals surface area (Å²) in [7, 11) is 0. The van der Waals surface area contributed by atoms with Gasteiger partial charge >= 0.3 is 0 Å². The Morgan fingerprint density at radius 1 is 1.67 bits per heavy atom. The van der Waals surface area contributed by atoms with Gasteiger partial charge in [0.2, 0.25) is 0 Å². The van der Waals surface area contributed by atoms with Crippen molar-refractivity contribution >= 4 is 0 Å². The molecule has 1 rings (SSSR count). The van der Waals surface area contributed by atoms with Crippen LogP contribution in [0.5, 0.6) is 0 Å². The molecule has 0 heterocycles. The molecule has 9 heavy (non-hydrogen) atoms. The maximum absolute atomic E-state index is 12.0. The van der Waals surface area contributed by atoms with Gasteiger partial charge in [-0.05, 0) is 24.1 Å². The van der Waals surface area contributed by atoms with E-state index in [-0.39, 0.29) is 0 Å². The van der Waals surface area contributed by atoms with Gasteiger partial charge in [0, 0.05) is 0 Å². The summed E-state index contributed by atoms with van der Waals surface area (Å²) in [6.45, 7) is 1.47. The number of benzene rings is 1. The third-order valence-electron chi connectivity index (χ3n) is 1.31. The first-order valence-corrected chi connectivity index (χ1v) is 2.86. The second kappa shape index (κ2) is 2.62. The highest BCUT2D eigenvalue weighted by molar-refractivity contribution is 5.23. The number of halogens is 1. The van der Waals surface area contributed by atoms with Crippen molar-refractivity contribution in [1.29, 1.82) is 0 Å². The number of rotatable bonds is 1. The van der Waals surface area contributed by atoms with Crippen LogP contribution in [0.25, 0.3) is 0 Å². The first kappa shape index (κ1) is 6.27. The summed E-state index contributed by atoms with van der Waals surface area (Å²) in [5.74, 6) is 0. The van der Waals surface area contributed by atoms with Gasteiger partial charge in [0.1, 0.15) is 6.67 Å². The zero-order chi connectivity index (χ0) is 6.69. The molecule has 0 N–H and O–H groups in total. The number of hydrogen-bond acceptors (Lipinski definition) is 0. The van der Waals surface area contributed by atoms with Gasteiger partial charge in [0.25, 0.3) is 0 Å². The fraction of sp³-hybridized carbons (Fsp3) is 0.250. The predicted molar refractivity (Wildman–Crippen MR) is 34.8 cm³/mol. The fourth-order valence-corrected chi connectivity index (χ4v) is 0.700. The van der Waals surface area contributed by atoms with Crippen LogP contribution in [0.2, 0.25) is 0 Å². The first-order valence-electron chi connectivity index (χ1n) is 2.86. The molecule has 0 aliphatic heterocycles. The van der Waals surface area contributed by atoms with Crippen molar-refractivity contribution in [1.82, 2.24) is 0 Å². The lowest BCUT2D eigenvalue weighted by atomic mass is 10.1. The van der Waals surface area contributed by atoms with Crippen LogP contribution in [0.1, 0.15) is 11.1 Å². The second-order valence-corrected chi connectivity index (χ2v) is 1.97. The van der Waals surface area contributed by atoms with Crippen LogP contribution < -0.4 is 0 Å². The van der Waals surface area contributed by atoms with Crippen molar-refractivity contribution in [3.8, 4) is 0 Å². The lowest BCUT2D eigenvalue weighted by molar-refractivity contribution is 0.483. The Hall–Kier alpha value is -0.850. The molecule has 0 saturated carbocycles. The van der Waals surface area contributed by atoms with Gasteiger partial charge in [-0.15, -0.1) is 0 Å². The highest BCUT2D eigenvalue weighted by Crippen LogP contribution is 2.06. The van der Waals surface area contributed by atoms with Crippen LogP contribution >= 0.6 is 0 Å². The minimum Gasteiger partial charge on any atom is -0.246 e. The lowest BCUT2D eigenvalue weighted by Crippen LogP contribution is -1.82. The molecule has 0 nitrogen and oxygen atoms in total. The monoisotopic (exact) mass is 123 g/mol. The normalized spacial score (nSPS) is 9.56. The third kappa shape index (κ3) is 1.28. The fourth-order valence-electron chi connectivity index (χ4n) is 0.700. The van der Waals surface area contributed by atoms with Crippen molar-refractivity contribution in [2.75, 3.05) is 0 Å². The van der Waals surface area contributed by atoms with Gasteiger partial charge in [-0.2, -0.15) is 0 Å². The van der Waals surface area contributed by atoms with Crippen molar-refractivity contribution in [2.24, 2.45) is 0 Å². The van der Waals surface area contributed by atoms with E-state index in [1.807, 2.05) is 19.1 Å². The lowest BCUT2D eigenvalue weighted by Gasteiger charge is -1.95. The molecule has 1 radical (unpaired) electrons. The van der Waals surface area contributed by atoms with Gasteiger partial charge in [-0.25, -0.2) is 4.39 Å². The van der Waals surface area contributed by atoms with Gasteiger partial charge in [-0.3, -0.25) is 0 Å². The molecule has 0 saturated heterocycles. The Morgan fingerprint density at radius 2 is 2.44 bits per heavy atom. The molecule has 0 bridgehead atoms. The number of alkyl halides is 1. The summed E-state index contributed by atoms with van der Waals surface area (Å²) in [5.41, 5.74) is 1.64. The Balaban J connectivity index is 3.01. The largest absolute Gasteiger partial charge is 0.246 e. The third-order valence-corrected chi connectivity index (χ3v) is 1.31. The summed E-state index contributed by atoms with van der Waals surface area (Å²) >= 11 is 0. The highest BCUT2D eigenvalue weighted by Gasteiger charge is 1.92. The van der Waals surface area contributed by atoms with E-state index < -0.39 is 6.67 Å². The van der Waals surface area contributed by atoms with E-state index in [2.05, 4.69) is 6.07 Å². The summed E-state index contributed by atoms with van der Waals surface area (Å²) in [6.07, 6.45) is 0. The molecule has 47 valence electrons. The molecule has 1 aromatic rings. The van der Waals surface area contributed by atoms with Crippen molar-refractivity contribution < 1.29 is 4.39 Å². The van der Waals surface area contributed by atoms with Gasteiger partial charge in [-0.1, -0.05) is 18.2 Å². The number of hydrogen-bond donors (Lipinski definition) is 0. The molecule has 0 aromatic heterocycles. The van der Waals surface area contributed by atoms with Crippen molar-refractivity contribution in [2.45, 2.75) is 13.6 Å². The Bertz CT molecular complexity index is 194. The molecule has 0 unspecified atom stereocenters. The van der Waals surface area contributed by atoms with Crippen LogP contribution in [0.15, 0.2) is 18.2 Å². The van der Waals surface area contributed by atoms with Crippen LogP contribution in [-0.2, 0) is 6.67 Å². The average Bonchev–Trinajstić information content (AvgIpc) is 1.89. The second-order valence-electron chi connectivity index (χ2n) is 1.97. The van der Waals surface area contributed by atoms with Crippen LogP contribution in [0, 0.1) is 13.0 Å². The van der Waals surface area contributed by atoms with E-state index >= 15 is 0 Å². The summed E-state index contributed by atoms with van der Waals surface area (Å²) in [6, 6.07) is 8.27. The minimum atomic E-state index is -0.410. The summed E-state index contributed by atoms with van der Waals surface area (Å²) < 4.78 is 12.0. The molecule has 1 aromatic carbocycles. The average molecular weight is 123 g/mol. The zero-order valence-electron chi connectivity index (χ0n) is 5.32. The van der Waals surface area contributed by atoms with Crippen molar-refractivity contribution in [3.63, 3.8) is 0 Å². The summed E-state index contributed by atoms with van der Waals surface area (Å²) in [4.78, 5) is 0. The molecular formula is C8H8F. The Labute approximate surface area is 54.3 Å². The zero-order valence-corrected chi connectivity index (χ0v) is 5.32.